The number of furan rings is 1. The van der Waals surface area contributed by atoms with Gasteiger partial charge in [0.15, 0.2) is 5.84 Å². The maximum absolute atomic E-state index is 8.95. The number of ether oxygens (including phenoxy) is 1. The standard InChI is InChI=1S/C19H15N3O3/c1-11-6-8-14(18(20)22-23)19(21-11)24-12-7-9-17-15(10-12)13-4-2-3-5-16(13)25-17/h2-10,23H,1H3,(H2,20,22). The number of nitrogens with two attached hydrogens (primary N) is 1. The van der Waals surface area contributed by atoms with Gasteiger partial charge >= 0.3 is 0 Å². The minimum absolute atomic E-state index is 0.0580. The normalized spacial score (nSPS) is 12.0. The van der Waals surface area contributed by atoms with Gasteiger partial charge in [0.2, 0.25) is 5.88 Å². The molecule has 6 heteroatoms. The molecule has 0 unspecified atom stereocenters. The highest BCUT2D eigenvalue weighted by molar-refractivity contribution is 6.05. The van der Waals surface area contributed by atoms with Gasteiger partial charge in [0, 0.05) is 16.5 Å². The van der Waals surface area contributed by atoms with Crippen molar-refractivity contribution in [3.8, 4) is 11.6 Å². The van der Waals surface area contributed by atoms with Gasteiger partial charge in [-0.2, -0.15) is 0 Å². The molecule has 4 aromatic rings. The van der Waals surface area contributed by atoms with Crippen LogP contribution in [0, 0.1) is 6.92 Å². The molecular weight excluding hydrogens is 318 g/mol. The minimum Gasteiger partial charge on any atom is -0.456 e. The molecule has 0 aliphatic carbocycles. The lowest BCUT2D eigenvalue weighted by molar-refractivity contribution is 0.318. The molecule has 6 nitrogen and oxygen atoms in total. The number of aryl methyl sites for hydroxylation is 1. The van der Waals surface area contributed by atoms with Gasteiger partial charge in [0.1, 0.15) is 16.9 Å². The molecule has 2 heterocycles. The van der Waals surface area contributed by atoms with Crippen LogP contribution in [0.1, 0.15) is 11.3 Å². The number of rotatable bonds is 3. The third kappa shape index (κ3) is 2.63. The molecule has 0 saturated carbocycles. The van der Waals surface area contributed by atoms with E-state index in [2.05, 4.69) is 10.1 Å². The zero-order valence-electron chi connectivity index (χ0n) is 13.4. The summed E-state index contributed by atoms with van der Waals surface area (Å²) in [4.78, 5) is 4.35. The second-order valence-electron chi connectivity index (χ2n) is 5.65. The smallest absolute Gasteiger partial charge is 0.230 e. The van der Waals surface area contributed by atoms with Gasteiger partial charge in [-0.25, -0.2) is 4.98 Å². The van der Waals surface area contributed by atoms with Gasteiger partial charge in [0.25, 0.3) is 0 Å². The van der Waals surface area contributed by atoms with E-state index in [0.717, 1.165) is 27.6 Å². The molecule has 4 rings (SSSR count). The molecule has 0 amide bonds. The van der Waals surface area contributed by atoms with Crippen LogP contribution in [0.4, 0.5) is 0 Å². The average Bonchev–Trinajstić information content (AvgIpc) is 2.99. The van der Waals surface area contributed by atoms with Crippen LogP contribution in [0.3, 0.4) is 0 Å². The SMILES string of the molecule is Cc1ccc(/C(N)=N/O)c(Oc2ccc3oc4ccccc4c3c2)n1. The fourth-order valence-electron chi connectivity index (χ4n) is 2.74. The Morgan fingerprint density at radius 3 is 2.72 bits per heavy atom. The Bertz CT molecular complexity index is 1120. The number of fused-ring (bicyclic) bond motifs is 3. The number of pyridine rings is 1. The molecule has 124 valence electrons. The lowest BCUT2D eigenvalue weighted by Crippen LogP contribution is -2.15. The first-order valence-electron chi connectivity index (χ1n) is 7.70. The lowest BCUT2D eigenvalue weighted by Gasteiger charge is -2.10. The van der Waals surface area contributed by atoms with E-state index >= 15 is 0 Å². The zero-order valence-corrected chi connectivity index (χ0v) is 13.4. The quantitative estimate of drug-likeness (QED) is 0.254. The molecule has 25 heavy (non-hydrogen) atoms. The van der Waals surface area contributed by atoms with Crippen LogP contribution >= 0.6 is 0 Å². The third-order valence-electron chi connectivity index (χ3n) is 3.95. The van der Waals surface area contributed by atoms with E-state index in [1.807, 2.05) is 43.3 Å². The highest BCUT2D eigenvalue weighted by atomic mass is 16.5. The fraction of sp³-hybridized carbons (Fsp3) is 0.0526. The molecule has 0 aliphatic heterocycles. The highest BCUT2D eigenvalue weighted by Crippen LogP contribution is 2.33. The summed E-state index contributed by atoms with van der Waals surface area (Å²) in [7, 11) is 0. The topological polar surface area (TPSA) is 93.9 Å². The van der Waals surface area contributed by atoms with Gasteiger partial charge in [-0.3, -0.25) is 0 Å². The van der Waals surface area contributed by atoms with Crippen molar-refractivity contribution in [1.82, 2.24) is 4.98 Å². The number of hydrogen-bond acceptors (Lipinski definition) is 5. The van der Waals surface area contributed by atoms with Crippen LogP contribution in [-0.4, -0.2) is 16.0 Å². The van der Waals surface area contributed by atoms with Gasteiger partial charge in [0.05, 0.1) is 5.56 Å². The van der Waals surface area contributed by atoms with E-state index in [0.29, 0.717) is 11.3 Å². The third-order valence-corrected chi connectivity index (χ3v) is 3.95. The number of para-hydroxylation sites is 1. The predicted octanol–water partition coefficient (Wildman–Crippen LogP) is 4.18. The Kier molecular flexibility index (Phi) is 3.50. The summed E-state index contributed by atoms with van der Waals surface area (Å²) in [6.45, 7) is 1.84. The Hall–Kier alpha value is -3.54. The van der Waals surface area contributed by atoms with Crippen LogP contribution in [0.25, 0.3) is 21.9 Å². The van der Waals surface area contributed by atoms with Crippen molar-refractivity contribution in [2.24, 2.45) is 10.9 Å². The molecular formula is C19H15N3O3. The van der Waals surface area contributed by atoms with Crippen LogP contribution in [0.5, 0.6) is 11.6 Å². The summed E-state index contributed by atoms with van der Waals surface area (Å²) in [6, 6.07) is 16.8. The molecule has 0 bridgehead atoms. The summed E-state index contributed by atoms with van der Waals surface area (Å²) in [5, 5.41) is 13.9. The Morgan fingerprint density at radius 2 is 1.88 bits per heavy atom. The monoisotopic (exact) mass is 333 g/mol. The lowest BCUT2D eigenvalue weighted by atomic mass is 10.1. The van der Waals surface area contributed by atoms with Crippen molar-refractivity contribution in [2.45, 2.75) is 6.92 Å². The Balaban J connectivity index is 1.81. The summed E-state index contributed by atoms with van der Waals surface area (Å²) < 4.78 is 11.7. The summed E-state index contributed by atoms with van der Waals surface area (Å²) >= 11 is 0. The number of amidine groups is 1. The molecule has 0 radical (unpaired) electrons. The first-order valence-corrected chi connectivity index (χ1v) is 7.70. The van der Waals surface area contributed by atoms with Gasteiger partial charge < -0.3 is 20.1 Å². The number of oxime groups is 1. The van der Waals surface area contributed by atoms with Crippen molar-refractivity contribution in [2.75, 3.05) is 0 Å². The van der Waals surface area contributed by atoms with Crippen LogP contribution in [0.15, 0.2) is 64.2 Å². The van der Waals surface area contributed by atoms with E-state index < -0.39 is 0 Å². The largest absolute Gasteiger partial charge is 0.456 e. The predicted molar refractivity (Wildman–Crippen MR) is 95.3 cm³/mol. The second kappa shape index (κ2) is 5.83. The summed E-state index contributed by atoms with van der Waals surface area (Å²) in [5.74, 6) is 0.809. The summed E-state index contributed by atoms with van der Waals surface area (Å²) in [6.07, 6.45) is 0. The van der Waals surface area contributed by atoms with Gasteiger partial charge in [-0.15, -0.1) is 0 Å². The van der Waals surface area contributed by atoms with Crippen molar-refractivity contribution >= 4 is 27.8 Å². The Morgan fingerprint density at radius 1 is 1.08 bits per heavy atom. The van der Waals surface area contributed by atoms with E-state index in [1.165, 1.54) is 0 Å². The minimum atomic E-state index is -0.0580. The van der Waals surface area contributed by atoms with E-state index in [-0.39, 0.29) is 11.7 Å². The van der Waals surface area contributed by atoms with Crippen molar-refractivity contribution in [3.05, 3.63) is 65.9 Å². The molecule has 0 spiro atoms. The average molecular weight is 333 g/mol. The maximum atomic E-state index is 8.95. The van der Waals surface area contributed by atoms with Crippen molar-refractivity contribution < 1.29 is 14.4 Å². The van der Waals surface area contributed by atoms with Crippen LogP contribution in [0.2, 0.25) is 0 Å². The fourth-order valence-corrected chi connectivity index (χ4v) is 2.74. The van der Waals surface area contributed by atoms with Gasteiger partial charge in [-0.05, 0) is 43.3 Å². The molecule has 0 saturated heterocycles. The van der Waals surface area contributed by atoms with E-state index in [9.17, 15) is 0 Å². The maximum Gasteiger partial charge on any atom is 0.230 e. The molecule has 0 atom stereocenters. The molecule has 0 aliphatic rings. The van der Waals surface area contributed by atoms with Crippen molar-refractivity contribution in [1.29, 1.82) is 0 Å². The van der Waals surface area contributed by atoms with E-state index in [4.69, 9.17) is 20.1 Å². The molecule has 3 N–H and O–H groups in total. The zero-order chi connectivity index (χ0) is 17.4. The molecule has 2 aromatic carbocycles. The number of aromatic nitrogens is 1. The second-order valence-corrected chi connectivity index (χ2v) is 5.65. The first kappa shape index (κ1) is 15.0. The van der Waals surface area contributed by atoms with Gasteiger partial charge in [-0.1, -0.05) is 23.4 Å². The number of nitrogens with zero attached hydrogens (tertiary/aromatic N) is 2. The molecule has 0 fully saturated rings. The first-order chi connectivity index (χ1) is 12.2. The molecule has 2 aromatic heterocycles. The van der Waals surface area contributed by atoms with Crippen LogP contribution in [-0.2, 0) is 0 Å². The number of hydrogen-bond donors (Lipinski definition) is 2. The summed E-state index contributed by atoms with van der Waals surface area (Å²) in [5.41, 5.74) is 8.50. The van der Waals surface area contributed by atoms with Crippen molar-refractivity contribution in [3.63, 3.8) is 0 Å². The van der Waals surface area contributed by atoms with Crippen LogP contribution < -0.4 is 10.5 Å². The Labute approximate surface area is 143 Å². The highest BCUT2D eigenvalue weighted by Gasteiger charge is 2.13. The van der Waals surface area contributed by atoms with E-state index in [1.54, 1.807) is 18.2 Å². The number of benzene rings is 2.